The lowest BCUT2D eigenvalue weighted by Crippen LogP contribution is -2.37. The highest BCUT2D eigenvalue weighted by atomic mass is 32.2. The molecule has 0 rings (SSSR count). The number of carboxylic acids is 1. The van der Waals surface area contributed by atoms with Crippen LogP contribution in [0.5, 0.6) is 0 Å². The fraction of sp³-hybridized carbons (Fsp3) is 0.857. The fourth-order valence-electron chi connectivity index (χ4n) is 0.740. The molecule has 0 aliphatic carbocycles. The highest BCUT2D eigenvalue weighted by Gasteiger charge is 2.25. The van der Waals surface area contributed by atoms with Crippen LogP contribution in [0, 0.1) is 0 Å². The summed E-state index contributed by atoms with van der Waals surface area (Å²) < 4.78 is 11.4. The van der Waals surface area contributed by atoms with Crippen LogP contribution in [-0.4, -0.2) is 32.3 Å². The molecular weight excluding hydrogens is 178 g/mol. The van der Waals surface area contributed by atoms with Gasteiger partial charge >= 0.3 is 5.97 Å². The molecule has 0 aliphatic heterocycles. The molecule has 3 atom stereocenters. The predicted octanol–water partition coefficient (Wildman–Crippen LogP) is -0.0545. The summed E-state index contributed by atoms with van der Waals surface area (Å²) in [6.07, 6.45) is 0.705. The molecule has 0 aliphatic rings. The molecule has 0 heterocycles. The van der Waals surface area contributed by atoms with Crippen molar-refractivity contribution in [2.24, 2.45) is 5.73 Å². The maximum atomic E-state index is 11.4. The summed E-state index contributed by atoms with van der Waals surface area (Å²) in [6.45, 7) is 3.58. The van der Waals surface area contributed by atoms with Gasteiger partial charge in [-0.2, -0.15) is 0 Å². The average Bonchev–Trinajstić information content (AvgIpc) is 2.03. The van der Waals surface area contributed by atoms with Gasteiger partial charge in [-0.25, -0.2) is 0 Å². The monoisotopic (exact) mass is 193 g/mol. The van der Waals surface area contributed by atoms with Gasteiger partial charge in [0, 0.05) is 22.6 Å². The standard InChI is InChI=1S/C7H15NO3S/c1-3-5(2)12(11)6(4-8)7(9)10/h5-6H,3-4,8H2,1-2H3,(H,9,10). The van der Waals surface area contributed by atoms with E-state index < -0.39 is 22.0 Å². The van der Waals surface area contributed by atoms with E-state index in [0.717, 1.165) is 0 Å². The molecule has 0 amide bonds. The van der Waals surface area contributed by atoms with Crippen LogP contribution in [0.25, 0.3) is 0 Å². The first-order valence-electron chi connectivity index (χ1n) is 3.86. The number of carboxylic acid groups (broad SMARTS) is 1. The van der Waals surface area contributed by atoms with Crippen molar-refractivity contribution < 1.29 is 14.1 Å². The molecule has 0 fully saturated rings. The van der Waals surface area contributed by atoms with Crippen molar-refractivity contribution in [3.63, 3.8) is 0 Å². The van der Waals surface area contributed by atoms with Crippen molar-refractivity contribution in [2.75, 3.05) is 6.54 Å². The normalized spacial score (nSPS) is 18.2. The molecule has 0 aromatic rings. The average molecular weight is 193 g/mol. The molecule has 72 valence electrons. The lowest BCUT2D eigenvalue weighted by atomic mass is 10.4. The van der Waals surface area contributed by atoms with Crippen molar-refractivity contribution >= 4 is 16.8 Å². The van der Waals surface area contributed by atoms with Gasteiger partial charge in [-0.15, -0.1) is 0 Å². The third kappa shape index (κ3) is 2.91. The molecule has 0 radical (unpaired) electrons. The molecule has 0 saturated carbocycles. The van der Waals surface area contributed by atoms with Gasteiger partial charge in [0.2, 0.25) is 0 Å². The zero-order valence-corrected chi connectivity index (χ0v) is 8.13. The summed E-state index contributed by atoms with van der Waals surface area (Å²) in [6, 6.07) is 0. The minimum Gasteiger partial charge on any atom is -0.480 e. The highest BCUT2D eigenvalue weighted by molar-refractivity contribution is 7.87. The van der Waals surface area contributed by atoms with Crippen molar-refractivity contribution in [3.8, 4) is 0 Å². The van der Waals surface area contributed by atoms with Gasteiger partial charge in [0.05, 0.1) is 0 Å². The van der Waals surface area contributed by atoms with E-state index in [2.05, 4.69) is 0 Å². The second kappa shape index (κ2) is 5.27. The number of rotatable bonds is 5. The second-order valence-corrected chi connectivity index (χ2v) is 4.64. The maximum absolute atomic E-state index is 11.4. The van der Waals surface area contributed by atoms with Gasteiger partial charge in [-0.3, -0.25) is 9.00 Å². The maximum Gasteiger partial charge on any atom is 0.320 e. The Morgan fingerprint density at radius 3 is 2.42 bits per heavy atom. The Labute approximate surface area is 74.6 Å². The lowest BCUT2D eigenvalue weighted by Gasteiger charge is -2.14. The largest absolute Gasteiger partial charge is 0.480 e. The van der Waals surface area contributed by atoms with Gasteiger partial charge in [0.1, 0.15) is 5.25 Å². The highest BCUT2D eigenvalue weighted by Crippen LogP contribution is 2.06. The molecule has 0 saturated heterocycles. The quantitative estimate of drug-likeness (QED) is 0.641. The summed E-state index contributed by atoms with van der Waals surface area (Å²) in [5.41, 5.74) is 5.19. The Morgan fingerprint density at radius 1 is 1.67 bits per heavy atom. The fourth-order valence-corrected chi connectivity index (χ4v) is 2.02. The third-order valence-corrected chi connectivity index (χ3v) is 3.82. The minimum absolute atomic E-state index is 0.0632. The summed E-state index contributed by atoms with van der Waals surface area (Å²) in [5, 5.41) is 7.60. The van der Waals surface area contributed by atoms with Gasteiger partial charge in [0.15, 0.2) is 0 Å². The zero-order chi connectivity index (χ0) is 9.72. The molecule has 0 bridgehead atoms. The summed E-state index contributed by atoms with van der Waals surface area (Å²) in [5.74, 6) is -1.07. The molecule has 0 spiro atoms. The van der Waals surface area contributed by atoms with Crippen LogP contribution in [0.1, 0.15) is 20.3 Å². The van der Waals surface area contributed by atoms with Gasteiger partial charge in [0.25, 0.3) is 0 Å². The summed E-state index contributed by atoms with van der Waals surface area (Å²) in [4.78, 5) is 10.5. The number of carbonyl (C=O) groups is 1. The summed E-state index contributed by atoms with van der Waals surface area (Å²) >= 11 is 0. The van der Waals surface area contributed by atoms with Crippen LogP contribution in [0.15, 0.2) is 0 Å². The first-order chi connectivity index (χ1) is 5.54. The third-order valence-electron chi connectivity index (χ3n) is 1.74. The van der Waals surface area contributed by atoms with Crippen LogP contribution in [0.4, 0.5) is 0 Å². The first-order valence-corrected chi connectivity index (χ1v) is 5.14. The number of hydrogen-bond acceptors (Lipinski definition) is 3. The Hall–Kier alpha value is -0.420. The molecule has 0 aromatic heterocycles. The Bertz CT molecular complexity index is 183. The molecule has 3 N–H and O–H groups in total. The Balaban J connectivity index is 4.31. The smallest absolute Gasteiger partial charge is 0.320 e. The van der Waals surface area contributed by atoms with Gasteiger partial charge in [-0.1, -0.05) is 13.8 Å². The zero-order valence-electron chi connectivity index (χ0n) is 7.32. The van der Waals surface area contributed by atoms with E-state index in [4.69, 9.17) is 10.8 Å². The molecule has 5 heteroatoms. The number of hydrogen-bond donors (Lipinski definition) is 2. The molecule has 3 unspecified atom stereocenters. The van der Waals surface area contributed by atoms with E-state index in [1.54, 1.807) is 6.92 Å². The number of aliphatic carboxylic acids is 1. The van der Waals surface area contributed by atoms with Crippen LogP contribution >= 0.6 is 0 Å². The topological polar surface area (TPSA) is 80.4 Å². The minimum atomic E-state index is -1.36. The molecule has 4 nitrogen and oxygen atoms in total. The van der Waals surface area contributed by atoms with E-state index in [9.17, 15) is 9.00 Å². The SMILES string of the molecule is CCC(C)S(=O)C(CN)C(=O)O. The lowest BCUT2D eigenvalue weighted by molar-refractivity contribution is -0.136. The van der Waals surface area contributed by atoms with Crippen LogP contribution < -0.4 is 5.73 Å². The Kier molecular flexibility index (Phi) is 5.08. The van der Waals surface area contributed by atoms with Crippen molar-refractivity contribution in [3.05, 3.63) is 0 Å². The number of nitrogens with two attached hydrogens (primary N) is 1. The van der Waals surface area contributed by atoms with E-state index in [0.29, 0.717) is 6.42 Å². The Morgan fingerprint density at radius 2 is 2.17 bits per heavy atom. The first kappa shape index (κ1) is 11.6. The molecule has 12 heavy (non-hydrogen) atoms. The van der Waals surface area contributed by atoms with E-state index in [1.165, 1.54) is 0 Å². The van der Waals surface area contributed by atoms with Gasteiger partial charge < -0.3 is 10.8 Å². The summed E-state index contributed by atoms with van der Waals surface area (Å²) in [7, 11) is -1.36. The van der Waals surface area contributed by atoms with Crippen molar-refractivity contribution in [2.45, 2.75) is 30.8 Å². The van der Waals surface area contributed by atoms with E-state index in [1.807, 2.05) is 6.92 Å². The van der Waals surface area contributed by atoms with Crippen LogP contribution in [-0.2, 0) is 15.6 Å². The predicted molar refractivity (Wildman–Crippen MR) is 48.4 cm³/mol. The molecule has 0 aromatic carbocycles. The van der Waals surface area contributed by atoms with Gasteiger partial charge in [-0.05, 0) is 6.42 Å². The van der Waals surface area contributed by atoms with Crippen LogP contribution in [0.3, 0.4) is 0 Å². The second-order valence-electron chi connectivity index (χ2n) is 2.61. The van der Waals surface area contributed by atoms with E-state index in [-0.39, 0.29) is 11.8 Å². The van der Waals surface area contributed by atoms with Crippen LogP contribution in [0.2, 0.25) is 0 Å². The molecular formula is C7H15NO3S. The van der Waals surface area contributed by atoms with Crippen molar-refractivity contribution in [1.29, 1.82) is 0 Å². The van der Waals surface area contributed by atoms with E-state index >= 15 is 0 Å². The van der Waals surface area contributed by atoms with Crippen molar-refractivity contribution in [1.82, 2.24) is 0 Å².